The summed E-state index contributed by atoms with van der Waals surface area (Å²) in [5.74, 6) is 2.50. The van der Waals surface area contributed by atoms with Crippen LogP contribution in [0.25, 0.3) is 0 Å². The van der Waals surface area contributed by atoms with Crippen molar-refractivity contribution in [2.24, 2.45) is 0 Å². The van der Waals surface area contributed by atoms with Crippen LogP contribution in [0.1, 0.15) is 19.3 Å². The average Bonchev–Trinajstić information content (AvgIpc) is 2.08. The Bertz CT molecular complexity index is 265. The summed E-state index contributed by atoms with van der Waals surface area (Å²) in [5, 5.41) is 10.3. The van der Waals surface area contributed by atoms with Crippen LogP contribution in [0.4, 0.5) is 0 Å². The second-order valence-corrected chi connectivity index (χ2v) is 2.99. The van der Waals surface area contributed by atoms with Crippen molar-refractivity contribution in [1.29, 1.82) is 0 Å². The van der Waals surface area contributed by atoms with Gasteiger partial charge in [0.15, 0.2) is 0 Å². The van der Waals surface area contributed by atoms with Crippen LogP contribution in [0.3, 0.4) is 0 Å². The number of allylic oxidation sites excluding steroid dienone is 1. The minimum absolute atomic E-state index is 0.413. The number of terminal acetylenes is 1. The van der Waals surface area contributed by atoms with E-state index in [2.05, 4.69) is 5.92 Å². The molecule has 0 bridgehead atoms. The predicted octanol–water partition coefficient (Wildman–Crippen LogP) is 1.22. The molecule has 0 atom stereocenters. The molecule has 13 heavy (non-hydrogen) atoms. The van der Waals surface area contributed by atoms with Crippen molar-refractivity contribution in [3.05, 3.63) is 22.0 Å². The maximum atomic E-state index is 10.3. The number of nitrogens with zero attached hydrogens (tertiary/aromatic N) is 2. The van der Waals surface area contributed by atoms with Crippen molar-refractivity contribution < 1.29 is 4.92 Å². The number of likely N-dealkylation sites (tertiary alicyclic amines) is 1. The number of piperidine rings is 1. The molecule has 1 fully saturated rings. The van der Waals surface area contributed by atoms with Crippen LogP contribution in [0, 0.1) is 22.5 Å². The van der Waals surface area contributed by atoms with Gasteiger partial charge in [-0.3, -0.25) is 10.1 Å². The molecule has 0 saturated carbocycles. The van der Waals surface area contributed by atoms with E-state index < -0.39 is 4.92 Å². The SMILES string of the molecule is C#CCN1CCCCC1=C[N+](=O)[O-]. The summed E-state index contributed by atoms with van der Waals surface area (Å²) >= 11 is 0. The molecular weight excluding hydrogens is 168 g/mol. The van der Waals surface area contributed by atoms with Gasteiger partial charge in [-0.2, -0.15) is 0 Å². The summed E-state index contributed by atoms with van der Waals surface area (Å²) in [6.07, 6.45) is 9.08. The van der Waals surface area contributed by atoms with Gasteiger partial charge in [0.25, 0.3) is 6.20 Å². The first-order chi connectivity index (χ1) is 6.24. The Kier molecular flexibility index (Phi) is 3.32. The van der Waals surface area contributed by atoms with Crippen LogP contribution < -0.4 is 0 Å². The molecule has 0 spiro atoms. The second-order valence-electron chi connectivity index (χ2n) is 2.99. The highest BCUT2D eigenvalue weighted by Crippen LogP contribution is 2.19. The first-order valence-electron chi connectivity index (χ1n) is 4.26. The normalized spacial score (nSPS) is 19.9. The largest absolute Gasteiger partial charge is 0.359 e. The first kappa shape index (κ1) is 9.59. The Labute approximate surface area is 77.4 Å². The average molecular weight is 180 g/mol. The summed E-state index contributed by atoms with van der Waals surface area (Å²) in [4.78, 5) is 11.8. The van der Waals surface area contributed by atoms with E-state index in [0.29, 0.717) is 6.54 Å². The molecule has 4 nitrogen and oxygen atoms in total. The van der Waals surface area contributed by atoms with Crippen LogP contribution in [0.5, 0.6) is 0 Å². The van der Waals surface area contributed by atoms with E-state index in [1.54, 1.807) is 0 Å². The van der Waals surface area contributed by atoms with Gasteiger partial charge in [0.2, 0.25) is 0 Å². The van der Waals surface area contributed by atoms with Gasteiger partial charge < -0.3 is 4.90 Å². The van der Waals surface area contributed by atoms with E-state index in [-0.39, 0.29) is 0 Å². The minimum atomic E-state index is -0.413. The van der Waals surface area contributed by atoms with Gasteiger partial charge in [-0.05, 0) is 19.3 Å². The Morgan fingerprint density at radius 3 is 3.08 bits per heavy atom. The van der Waals surface area contributed by atoms with Crippen molar-refractivity contribution in [2.75, 3.05) is 13.1 Å². The minimum Gasteiger partial charge on any atom is -0.359 e. The Morgan fingerprint density at radius 2 is 2.46 bits per heavy atom. The highest BCUT2D eigenvalue weighted by atomic mass is 16.6. The van der Waals surface area contributed by atoms with Crippen molar-refractivity contribution >= 4 is 0 Å². The summed E-state index contributed by atoms with van der Waals surface area (Å²) in [7, 11) is 0. The zero-order valence-corrected chi connectivity index (χ0v) is 7.40. The van der Waals surface area contributed by atoms with E-state index in [1.807, 2.05) is 4.90 Å². The molecule has 0 N–H and O–H groups in total. The molecule has 1 aliphatic heterocycles. The van der Waals surface area contributed by atoms with Gasteiger partial charge >= 0.3 is 0 Å². The lowest BCUT2D eigenvalue weighted by Gasteiger charge is -2.27. The van der Waals surface area contributed by atoms with Gasteiger partial charge in [-0.1, -0.05) is 5.92 Å². The first-order valence-corrected chi connectivity index (χ1v) is 4.26. The highest BCUT2D eigenvalue weighted by molar-refractivity contribution is 5.04. The summed E-state index contributed by atoms with van der Waals surface area (Å²) < 4.78 is 0. The standard InChI is InChI=1S/C9H12N2O2/c1-2-6-10-7-4-3-5-9(10)8-11(12)13/h1,8H,3-7H2. The molecule has 0 amide bonds. The molecule has 1 aliphatic rings. The number of hydrogen-bond acceptors (Lipinski definition) is 3. The maximum absolute atomic E-state index is 10.3. The second kappa shape index (κ2) is 4.51. The molecule has 70 valence electrons. The van der Waals surface area contributed by atoms with Crippen LogP contribution in [0.15, 0.2) is 11.9 Å². The number of rotatable bonds is 2. The van der Waals surface area contributed by atoms with Gasteiger partial charge in [-0.25, -0.2) is 0 Å². The fourth-order valence-electron chi connectivity index (χ4n) is 1.47. The summed E-state index contributed by atoms with van der Waals surface area (Å²) in [5.41, 5.74) is 0.759. The van der Waals surface area contributed by atoms with Crippen LogP contribution in [-0.2, 0) is 0 Å². The van der Waals surface area contributed by atoms with Gasteiger partial charge in [-0.15, -0.1) is 6.42 Å². The fraction of sp³-hybridized carbons (Fsp3) is 0.556. The number of hydrogen-bond donors (Lipinski definition) is 0. The molecule has 4 heteroatoms. The van der Waals surface area contributed by atoms with E-state index in [4.69, 9.17) is 6.42 Å². The van der Waals surface area contributed by atoms with Gasteiger partial charge in [0, 0.05) is 6.54 Å². The van der Waals surface area contributed by atoms with Crippen molar-refractivity contribution in [2.45, 2.75) is 19.3 Å². The Balaban J connectivity index is 2.68. The van der Waals surface area contributed by atoms with Crippen LogP contribution in [-0.4, -0.2) is 22.9 Å². The summed E-state index contributed by atoms with van der Waals surface area (Å²) in [6, 6.07) is 0. The molecule has 0 aliphatic carbocycles. The summed E-state index contributed by atoms with van der Waals surface area (Å²) in [6.45, 7) is 1.31. The van der Waals surface area contributed by atoms with Crippen molar-refractivity contribution in [3.8, 4) is 12.3 Å². The molecule has 1 rings (SSSR count). The third-order valence-electron chi connectivity index (χ3n) is 2.05. The molecule has 1 heterocycles. The van der Waals surface area contributed by atoms with Crippen molar-refractivity contribution in [1.82, 2.24) is 4.90 Å². The smallest absolute Gasteiger partial charge is 0.253 e. The van der Waals surface area contributed by atoms with Crippen molar-refractivity contribution in [3.63, 3.8) is 0 Å². The van der Waals surface area contributed by atoms with E-state index in [9.17, 15) is 10.1 Å². The van der Waals surface area contributed by atoms with E-state index in [1.165, 1.54) is 0 Å². The third kappa shape index (κ3) is 2.79. The zero-order valence-electron chi connectivity index (χ0n) is 7.40. The Morgan fingerprint density at radius 1 is 1.69 bits per heavy atom. The monoisotopic (exact) mass is 180 g/mol. The molecular formula is C9H12N2O2. The lowest BCUT2D eigenvalue weighted by Crippen LogP contribution is -2.28. The number of nitro groups is 1. The molecule has 0 aromatic heterocycles. The van der Waals surface area contributed by atoms with Gasteiger partial charge in [0.1, 0.15) is 0 Å². The Hall–Kier alpha value is -1.50. The van der Waals surface area contributed by atoms with E-state index in [0.717, 1.165) is 37.7 Å². The van der Waals surface area contributed by atoms with Gasteiger partial charge in [0.05, 0.1) is 17.2 Å². The van der Waals surface area contributed by atoms with Crippen LogP contribution in [0.2, 0.25) is 0 Å². The predicted molar refractivity (Wildman–Crippen MR) is 49.3 cm³/mol. The maximum Gasteiger partial charge on any atom is 0.253 e. The van der Waals surface area contributed by atoms with Crippen LogP contribution >= 0.6 is 0 Å². The lowest BCUT2D eigenvalue weighted by atomic mass is 10.1. The molecule has 1 saturated heterocycles. The highest BCUT2D eigenvalue weighted by Gasteiger charge is 2.16. The molecule has 0 unspecified atom stereocenters. The molecule has 0 aromatic rings. The fourth-order valence-corrected chi connectivity index (χ4v) is 1.47. The quantitative estimate of drug-likeness (QED) is 0.364. The zero-order chi connectivity index (χ0) is 9.68. The third-order valence-corrected chi connectivity index (χ3v) is 2.05. The molecule has 0 radical (unpaired) electrons. The molecule has 0 aromatic carbocycles. The lowest BCUT2D eigenvalue weighted by molar-refractivity contribution is -0.404. The van der Waals surface area contributed by atoms with E-state index >= 15 is 0 Å². The topological polar surface area (TPSA) is 46.4 Å².